The van der Waals surface area contributed by atoms with E-state index in [0.717, 1.165) is 25.8 Å². The lowest BCUT2D eigenvalue weighted by atomic mass is 9.89. The Hall–Kier alpha value is -2.39. The van der Waals surface area contributed by atoms with E-state index in [1.165, 1.54) is 84.4 Å². The number of aliphatic hydroxyl groups is 1. The van der Waals surface area contributed by atoms with E-state index >= 15 is 0 Å². The van der Waals surface area contributed by atoms with Gasteiger partial charge in [-0.25, -0.2) is 0 Å². The summed E-state index contributed by atoms with van der Waals surface area (Å²) in [6, 6.07) is 18.0. The van der Waals surface area contributed by atoms with Gasteiger partial charge in [0.2, 0.25) is 5.84 Å². The largest absolute Gasteiger partial charge is 0.396 e. The second-order valence-corrected chi connectivity index (χ2v) is 9.22. The SMILES string of the molecule is OCCCCc1c2ccccc2c(CN2CCC[N+]3=C2CCCCC3)c2ccccc12. The first-order valence-electron chi connectivity index (χ1n) is 12.2. The average molecular weight is 416 g/mol. The van der Waals surface area contributed by atoms with Crippen molar-refractivity contribution in [3.63, 3.8) is 0 Å². The Bertz CT molecular complexity index is 1040. The van der Waals surface area contributed by atoms with Crippen LogP contribution in [0.2, 0.25) is 0 Å². The van der Waals surface area contributed by atoms with Gasteiger partial charge in [0.05, 0.1) is 19.6 Å². The molecule has 0 fully saturated rings. The third kappa shape index (κ3) is 4.08. The summed E-state index contributed by atoms with van der Waals surface area (Å²) in [7, 11) is 0. The molecule has 0 radical (unpaired) electrons. The summed E-state index contributed by atoms with van der Waals surface area (Å²) in [6.07, 6.45) is 9.45. The fourth-order valence-corrected chi connectivity index (χ4v) is 5.75. The van der Waals surface area contributed by atoms with Crippen LogP contribution in [0.25, 0.3) is 21.5 Å². The van der Waals surface area contributed by atoms with Crippen molar-refractivity contribution >= 4 is 27.4 Å². The molecular weight excluding hydrogens is 380 g/mol. The van der Waals surface area contributed by atoms with E-state index in [2.05, 4.69) is 58.0 Å². The molecule has 0 atom stereocenters. The molecule has 2 aliphatic rings. The van der Waals surface area contributed by atoms with Gasteiger partial charge < -0.3 is 5.11 Å². The Labute approximate surface area is 186 Å². The van der Waals surface area contributed by atoms with Crippen LogP contribution in [0.1, 0.15) is 56.1 Å². The number of hydrogen-bond acceptors (Lipinski definition) is 2. The van der Waals surface area contributed by atoms with Gasteiger partial charge in [-0.05, 0) is 65.6 Å². The molecule has 2 heterocycles. The van der Waals surface area contributed by atoms with E-state index in [0.29, 0.717) is 0 Å². The average Bonchev–Trinajstić information content (AvgIpc) is 3.07. The van der Waals surface area contributed by atoms with Crippen molar-refractivity contribution in [1.82, 2.24) is 4.90 Å². The van der Waals surface area contributed by atoms with E-state index in [1.54, 1.807) is 5.84 Å². The van der Waals surface area contributed by atoms with E-state index in [1.807, 2.05) is 0 Å². The molecule has 5 rings (SSSR count). The van der Waals surface area contributed by atoms with Crippen molar-refractivity contribution in [2.45, 2.75) is 57.9 Å². The molecule has 2 aliphatic heterocycles. The molecule has 0 spiro atoms. The minimum absolute atomic E-state index is 0.276. The van der Waals surface area contributed by atoms with Crippen molar-refractivity contribution in [3.05, 3.63) is 59.7 Å². The topological polar surface area (TPSA) is 26.5 Å². The van der Waals surface area contributed by atoms with Crippen LogP contribution in [-0.2, 0) is 13.0 Å². The fourth-order valence-electron chi connectivity index (χ4n) is 5.75. The quantitative estimate of drug-likeness (QED) is 0.327. The lowest BCUT2D eigenvalue weighted by molar-refractivity contribution is -0.539. The molecule has 162 valence electrons. The fraction of sp³-hybridized carbons (Fsp3) is 0.464. The number of nitrogens with zero attached hydrogens (tertiary/aromatic N) is 2. The number of rotatable bonds is 6. The molecule has 0 aliphatic carbocycles. The Balaban J connectivity index is 1.62. The van der Waals surface area contributed by atoms with Gasteiger partial charge in [0.25, 0.3) is 0 Å². The molecule has 0 aromatic heterocycles. The van der Waals surface area contributed by atoms with E-state index in [9.17, 15) is 5.11 Å². The van der Waals surface area contributed by atoms with Crippen LogP contribution in [-0.4, -0.2) is 46.7 Å². The van der Waals surface area contributed by atoms with Crippen molar-refractivity contribution in [1.29, 1.82) is 0 Å². The van der Waals surface area contributed by atoms with Crippen LogP contribution >= 0.6 is 0 Å². The summed E-state index contributed by atoms with van der Waals surface area (Å²) in [4.78, 5) is 2.69. The first kappa shape index (κ1) is 20.5. The molecule has 0 bridgehead atoms. The standard InChI is InChI=1S/C28H35N2O/c31-20-9-7-15-22-23-11-3-5-13-25(23)27(26-14-6-4-12-24(22)26)21-30-19-10-18-29-17-8-1-2-16-28(29)30/h3-6,11-14,31H,1-2,7-10,15-21H2/q+1. The molecule has 3 aromatic carbocycles. The van der Waals surface area contributed by atoms with Crippen LogP contribution in [0.4, 0.5) is 0 Å². The second kappa shape index (κ2) is 9.40. The summed E-state index contributed by atoms with van der Waals surface area (Å²) in [5, 5.41) is 14.9. The number of benzene rings is 3. The van der Waals surface area contributed by atoms with Crippen molar-refractivity contribution in [2.24, 2.45) is 0 Å². The lowest BCUT2D eigenvalue weighted by Gasteiger charge is -2.27. The zero-order valence-corrected chi connectivity index (χ0v) is 18.7. The first-order valence-corrected chi connectivity index (χ1v) is 12.2. The smallest absolute Gasteiger partial charge is 0.247 e. The van der Waals surface area contributed by atoms with E-state index in [4.69, 9.17) is 0 Å². The summed E-state index contributed by atoms with van der Waals surface area (Å²) in [6.45, 7) is 4.92. The Morgan fingerprint density at radius 1 is 0.742 bits per heavy atom. The Kier molecular flexibility index (Phi) is 6.22. The van der Waals surface area contributed by atoms with Crippen LogP contribution in [0.15, 0.2) is 48.5 Å². The molecule has 0 saturated carbocycles. The maximum atomic E-state index is 9.30. The third-order valence-electron chi connectivity index (χ3n) is 7.25. The number of amidine groups is 1. The molecular formula is C28H35N2O+. The molecule has 1 N–H and O–H groups in total. The highest BCUT2D eigenvalue weighted by Gasteiger charge is 2.29. The van der Waals surface area contributed by atoms with Crippen molar-refractivity contribution < 1.29 is 9.68 Å². The Morgan fingerprint density at radius 2 is 1.39 bits per heavy atom. The van der Waals surface area contributed by atoms with Crippen LogP contribution in [0.3, 0.4) is 0 Å². The van der Waals surface area contributed by atoms with E-state index < -0.39 is 0 Å². The molecule has 3 heteroatoms. The number of aliphatic hydroxyl groups excluding tert-OH is 1. The Morgan fingerprint density at radius 3 is 2.06 bits per heavy atom. The number of fused-ring (bicyclic) bond motifs is 2. The molecule has 0 unspecified atom stereocenters. The molecule has 0 amide bonds. The van der Waals surface area contributed by atoms with Gasteiger partial charge >= 0.3 is 0 Å². The minimum Gasteiger partial charge on any atom is -0.396 e. The normalized spacial score (nSPS) is 17.3. The van der Waals surface area contributed by atoms with Gasteiger partial charge in [0.15, 0.2) is 0 Å². The highest BCUT2D eigenvalue weighted by molar-refractivity contribution is 6.06. The highest BCUT2D eigenvalue weighted by Crippen LogP contribution is 2.35. The van der Waals surface area contributed by atoms with Gasteiger partial charge in [0.1, 0.15) is 6.54 Å². The monoisotopic (exact) mass is 415 g/mol. The van der Waals surface area contributed by atoms with Gasteiger partial charge in [-0.15, -0.1) is 0 Å². The van der Waals surface area contributed by atoms with Crippen molar-refractivity contribution in [2.75, 3.05) is 26.2 Å². The zero-order chi connectivity index (χ0) is 21.0. The van der Waals surface area contributed by atoms with Crippen LogP contribution in [0.5, 0.6) is 0 Å². The maximum Gasteiger partial charge on any atom is 0.247 e. The van der Waals surface area contributed by atoms with Gasteiger partial charge in [-0.1, -0.05) is 48.5 Å². The minimum atomic E-state index is 0.276. The van der Waals surface area contributed by atoms with Crippen molar-refractivity contribution in [3.8, 4) is 0 Å². The zero-order valence-electron chi connectivity index (χ0n) is 18.7. The molecule has 31 heavy (non-hydrogen) atoms. The molecule has 0 saturated heterocycles. The van der Waals surface area contributed by atoms with Gasteiger partial charge in [0, 0.05) is 25.0 Å². The third-order valence-corrected chi connectivity index (χ3v) is 7.25. The lowest BCUT2D eigenvalue weighted by Crippen LogP contribution is -2.43. The van der Waals surface area contributed by atoms with Crippen LogP contribution < -0.4 is 0 Å². The van der Waals surface area contributed by atoms with E-state index in [-0.39, 0.29) is 6.61 Å². The summed E-state index contributed by atoms with van der Waals surface area (Å²) >= 11 is 0. The number of unbranched alkanes of at least 4 members (excludes halogenated alkanes) is 1. The number of aryl methyl sites for hydroxylation is 1. The predicted molar refractivity (Wildman–Crippen MR) is 130 cm³/mol. The second-order valence-electron chi connectivity index (χ2n) is 9.22. The number of hydrogen-bond donors (Lipinski definition) is 1. The van der Waals surface area contributed by atoms with Crippen LogP contribution in [0, 0.1) is 0 Å². The summed E-state index contributed by atoms with van der Waals surface area (Å²) in [5.74, 6) is 1.59. The van der Waals surface area contributed by atoms with Gasteiger partial charge in [-0.2, -0.15) is 0 Å². The van der Waals surface area contributed by atoms with Gasteiger partial charge in [-0.3, -0.25) is 9.48 Å². The maximum absolute atomic E-state index is 9.30. The highest BCUT2D eigenvalue weighted by atomic mass is 16.2. The summed E-state index contributed by atoms with van der Waals surface area (Å²) in [5.41, 5.74) is 2.93. The predicted octanol–water partition coefficient (Wildman–Crippen LogP) is 5.50. The summed E-state index contributed by atoms with van der Waals surface area (Å²) < 4.78 is 2.67. The molecule has 3 nitrogen and oxygen atoms in total. The first-order chi connectivity index (χ1) is 15.4. The molecule has 3 aromatic rings.